The van der Waals surface area contributed by atoms with Crippen LogP contribution < -0.4 is 4.90 Å². The number of aryl methyl sites for hydroxylation is 1. The van der Waals surface area contributed by atoms with Crippen molar-refractivity contribution in [2.24, 2.45) is 0 Å². The van der Waals surface area contributed by atoms with E-state index in [9.17, 15) is 0 Å². The van der Waals surface area contributed by atoms with E-state index in [1.165, 1.54) is 49.2 Å². The summed E-state index contributed by atoms with van der Waals surface area (Å²) in [4.78, 5) is 16.6. The van der Waals surface area contributed by atoms with Gasteiger partial charge in [0, 0.05) is 29.7 Å². The number of fused-ring (bicyclic) bond motifs is 1. The van der Waals surface area contributed by atoms with Crippen LogP contribution in [0, 0.1) is 0 Å². The number of rotatable bonds is 2. The molecule has 4 rings (SSSR count). The first-order chi connectivity index (χ1) is 10.4. The highest BCUT2D eigenvalue weighted by molar-refractivity contribution is 7.07. The molecule has 0 radical (unpaired) electrons. The lowest BCUT2D eigenvalue weighted by Gasteiger charge is -2.24. The molecular weight excluding hydrogens is 280 g/mol. The Morgan fingerprint density at radius 3 is 2.57 bits per heavy atom. The Morgan fingerprint density at radius 1 is 0.952 bits per heavy atom. The third kappa shape index (κ3) is 2.55. The van der Waals surface area contributed by atoms with Crippen LogP contribution in [-0.2, 0) is 12.8 Å². The smallest absolute Gasteiger partial charge is 0.181 e. The number of aromatic nitrogens is 3. The Bertz CT molecular complexity index is 615. The van der Waals surface area contributed by atoms with Crippen LogP contribution in [0.2, 0.25) is 0 Å². The molecule has 2 aliphatic rings. The molecule has 3 heterocycles. The van der Waals surface area contributed by atoms with Crippen molar-refractivity contribution in [1.82, 2.24) is 15.0 Å². The van der Waals surface area contributed by atoms with E-state index in [0.29, 0.717) is 0 Å². The van der Waals surface area contributed by atoms with Gasteiger partial charge in [0.25, 0.3) is 0 Å². The number of nitrogens with zero attached hydrogens (tertiary/aromatic N) is 4. The molecule has 0 saturated carbocycles. The van der Waals surface area contributed by atoms with Crippen LogP contribution in [0.5, 0.6) is 0 Å². The van der Waals surface area contributed by atoms with Gasteiger partial charge in [-0.25, -0.2) is 15.0 Å². The summed E-state index contributed by atoms with van der Waals surface area (Å²) in [6, 6.07) is 0. The van der Waals surface area contributed by atoms with Gasteiger partial charge in [0.2, 0.25) is 0 Å². The van der Waals surface area contributed by atoms with Gasteiger partial charge >= 0.3 is 0 Å². The molecule has 0 unspecified atom stereocenters. The number of hydrogen-bond donors (Lipinski definition) is 0. The van der Waals surface area contributed by atoms with Crippen molar-refractivity contribution >= 4 is 17.2 Å². The highest BCUT2D eigenvalue weighted by Crippen LogP contribution is 2.32. The van der Waals surface area contributed by atoms with Crippen molar-refractivity contribution in [2.75, 3.05) is 18.0 Å². The standard InChI is InChI=1S/C16H20N4S/c1-2-4-9-20(8-3-1)16-12-6-5-7-13(12)18-15(19-16)14-10-21-11-17-14/h10-11H,1-9H2. The highest BCUT2D eigenvalue weighted by Gasteiger charge is 2.24. The molecule has 2 aromatic heterocycles. The van der Waals surface area contributed by atoms with Gasteiger partial charge in [-0.15, -0.1) is 11.3 Å². The van der Waals surface area contributed by atoms with Crippen molar-refractivity contribution in [1.29, 1.82) is 0 Å². The largest absolute Gasteiger partial charge is 0.356 e. The maximum atomic E-state index is 4.91. The SMILES string of the molecule is c1nc(-c2nc3c(c(N4CCCCCC4)n2)CCC3)cs1. The lowest BCUT2D eigenvalue weighted by molar-refractivity contribution is 0.726. The molecule has 5 heteroatoms. The molecule has 0 atom stereocenters. The Hall–Kier alpha value is -1.49. The van der Waals surface area contributed by atoms with Crippen molar-refractivity contribution in [3.8, 4) is 11.5 Å². The minimum atomic E-state index is 0.816. The molecule has 2 aromatic rings. The Kier molecular flexibility index (Phi) is 3.59. The summed E-state index contributed by atoms with van der Waals surface area (Å²) in [7, 11) is 0. The highest BCUT2D eigenvalue weighted by atomic mass is 32.1. The van der Waals surface area contributed by atoms with Crippen LogP contribution in [0.15, 0.2) is 10.9 Å². The first-order valence-corrected chi connectivity index (χ1v) is 8.89. The monoisotopic (exact) mass is 300 g/mol. The molecule has 0 amide bonds. The van der Waals surface area contributed by atoms with Crippen LogP contribution in [0.1, 0.15) is 43.4 Å². The Balaban J connectivity index is 1.77. The quantitative estimate of drug-likeness (QED) is 0.851. The lowest BCUT2D eigenvalue weighted by Crippen LogP contribution is -2.26. The summed E-state index contributed by atoms with van der Waals surface area (Å²) in [5.41, 5.74) is 5.44. The maximum Gasteiger partial charge on any atom is 0.181 e. The van der Waals surface area contributed by atoms with Gasteiger partial charge in [-0.1, -0.05) is 12.8 Å². The van der Waals surface area contributed by atoms with Gasteiger partial charge in [0.1, 0.15) is 11.5 Å². The predicted octanol–water partition coefficient (Wildman–Crippen LogP) is 3.47. The van der Waals surface area contributed by atoms with Crippen LogP contribution in [0.25, 0.3) is 11.5 Å². The summed E-state index contributed by atoms with van der Waals surface area (Å²) < 4.78 is 0. The third-order valence-corrected chi connectivity index (χ3v) is 5.06. The van der Waals surface area contributed by atoms with E-state index in [1.54, 1.807) is 11.3 Å². The lowest BCUT2D eigenvalue weighted by atomic mass is 10.2. The molecule has 21 heavy (non-hydrogen) atoms. The minimum absolute atomic E-state index is 0.816. The van der Waals surface area contributed by atoms with Crippen molar-refractivity contribution in [2.45, 2.75) is 44.9 Å². The van der Waals surface area contributed by atoms with Gasteiger partial charge in [-0.05, 0) is 32.1 Å². The average Bonchev–Trinajstić information content (AvgIpc) is 3.12. The molecule has 4 nitrogen and oxygen atoms in total. The van der Waals surface area contributed by atoms with Crippen LogP contribution in [-0.4, -0.2) is 28.0 Å². The number of hydrogen-bond acceptors (Lipinski definition) is 5. The molecule has 1 fully saturated rings. The Morgan fingerprint density at radius 2 is 1.81 bits per heavy atom. The number of anilines is 1. The summed E-state index contributed by atoms with van der Waals surface area (Å²) >= 11 is 1.61. The fraction of sp³-hybridized carbons (Fsp3) is 0.562. The molecule has 1 aliphatic carbocycles. The molecule has 1 aliphatic heterocycles. The maximum absolute atomic E-state index is 4.91. The first-order valence-electron chi connectivity index (χ1n) is 7.95. The number of thiazole rings is 1. The molecule has 0 bridgehead atoms. The molecule has 0 N–H and O–H groups in total. The minimum Gasteiger partial charge on any atom is -0.356 e. The second-order valence-electron chi connectivity index (χ2n) is 5.92. The van der Waals surface area contributed by atoms with Crippen molar-refractivity contribution < 1.29 is 0 Å². The van der Waals surface area contributed by atoms with E-state index in [4.69, 9.17) is 9.97 Å². The second kappa shape index (κ2) is 5.72. The predicted molar refractivity (Wildman–Crippen MR) is 85.8 cm³/mol. The topological polar surface area (TPSA) is 41.9 Å². The van der Waals surface area contributed by atoms with Crippen molar-refractivity contribution in [3.63, 3.8) is 0 Å². The zero-order valence-electron chi connectivity index (χ0n) is 12.2. The van der Waals surface area contributed by atoms with E-state index < -0.39 is 0 Å². The van der Waals surface area contributed by atoms with Gasteiger partial charge in [0.05, 0.1) is 5.51 Å². The summed E-state index contributed by atoms with van der Waals surface area (Å²) in [6.45, 7) is 2.28. The van der Waals surface area contributed by atoms with Crippen molar-refractivity contribution in [3.05, 3.63) is 22.1 Å². The summed E-state index contributed by atoms with van der Waals surface area (Å²) in [5.74, 6) is 2.01. The molecule has 0 aromatic carbocycles. The molecule has 0 spiro atoms. The molecular formula is C16H20N4S. The van der Waals surface area contributed by atoms with E-state index in [-0.39, 0.29) is 0 Å². The van der Waals surface area contributed by atoms with E-state index >= 15 is 0 Å². The molecule has 110 valence electrons. The van der Waals surface area contributed by atoms with E-state index in [2.05, 4.69) is 9.88 Å². The fourth-order valence-electron chi connectivity index (χ4n) is 3.39. The molecule has 1 saturated heterocycles. The first kappa shape index (κ1) is 13.2. The normalized spacial score (nSPS) is 18.6. The zero-order chi connectivity index (χ0) is 14.1. The van der Waals surface area contributed by atoms with Gasteiger partial charge < -0.3 is 4.90 Å². The van der Waals surface area contributed by atoms with E-state index in [0.717, 1.165) is 37.4 Å². The summed E-state index contributed by atoms with van der Waals surface area (Å²) in [6.07, 6.45) is 8.71. The fourth-order valence-corrected chi connectivity index (χ4v) is 3.92. The van der Waals surface area contributed by atoms with Crippen LogP contribution in [0.3, 0.4) is 0 Å². The average molecular weight is 300 g/mol. The third-order valence-electron chi connectivity index (χ3n) is 4.48. The van der Waals surface area contributed by atoms with Gasteiger partial charge in [-0.3, -0.25) is 0 Å². The van der Waals surface area contributed by atoms with Crippen LogP contribution >= 0.6 is 11.3 Å². The van der Waals surface area contributed by atoms with Crippen LogP contribution in [0.4, 0.5) is 5.82 Å². The summed E-state index contributed by atoms with van der Waals surface area (Å²) in [5, 5.41) is 2.04. The zero-order valence-corrected chi connectivity index (χ0v) is 13.0. The van der Waals surface area contributed by atoms with E-state index in [1.807, 2.05) is 10.9 Å². The Labute approximate surface area is 129 Å². The van der Waals surface area contributed by atoms with Gasteiger partial charge in [0.15, 0.2) is 5.82 Å². The second-order valence-corrected chi connectivity index (χ2v) is 6.64. The van der Waals surface area contributed by atoms with Gasteiger partial charge in [-0.2, -0.15) is 0 Å².